The van der Waals surface area contributed by atoms with E-state index in [1.807, 2.05) is 0 Å². The third-order valence-corrected chi connectivity index (χ3v) is 5.50. The summed E-state index contributed by atoms with van der Waals surface area (Å²) in [6.45, 7) is 1.32. The predicted octanol–water partition coefficient (Wildman–Crippen LogP) is 2.01. The molecule has 2 aliphatic rings. The number of nitrogens with zero attached hydrogens (tertiary/aromatic N) is 1. The molecular formula is C15H16ClNO4S. The summed E-state index contributed by atoms with van der Waals surface area (Å²) in [6.07, 6.45) is 1.80. The second kappa shape index (κ2) is 5.93. The molecule has 0 fully saturated rings. The molecule has 1 amide bonds. The van der Waals surface area contributed by atoms with Crippen molar-refractivity contribution in [1.29, 1.82) is 0 Å². The highest BCUT2D eigenvalue weighted by atomic mass is 35.5. The van der Waals surface area contributed by atoms with Gasteiger partial charge in [-0.3, -0.25) is 4.79 Å². The molecule has 1 atom stereocenters. The molecule has 0 unspecified atom stereocenters. The Bertz CT molecular complexity index is 729. The standard InChI is InChI=1S/C15H16ClNO4S/c16-13-1-2-14-12(8-13)9-17(4-5-21-14)15(18)7-11-3-6-22(19,20)10-11/h1-3,6,8,11H,4-5,7,9-10H2/t11-/m1/s1. The van der Waals surface area contributed by atoms with E-state index in [9.17, 15) is 13.2 Å². The van der Waals surface area contributed by atoms with Crippen LogP contribution in [0.5, 0.6) is 5.75 Å². The van der Waals surface area contributed by atoms with E-state index in [0.717, 1.165) is 11.3 Å². The van der Waals surface area contributed by atoms with Crippen LogP contribution in [0.15, 0.2) is 29.7 Å². The minimum atomic E-state index is -3.13. The van der Waals surface area contributed by atoms with Crippen LogP contribution in [0.1, 0.15) is 12.0 Å². The maximum absolute atomic E-state index is 12.4. The first-order chi connectivity index (χ1) is 10.4. The van der Waals surface area contributed by atoms with Gasteiger partial charge in [-0.15, -0.1) is 0 Å². The summed E-state index contributed by atoms with van der Waals surface area (Å²) in [5, 5.41) is 1.80. The van der Waals surface area contributed by atoms with Gasteiger partial charge in [0, 0.05) is 34.9 Å². The summed E-state index contributed by atoms with van der Waals surface area (Å²) in [7, 11) is -3.13. The van der Waals surface area contributed by atoms with Crippen LogP contribution in [-0.4, -0.2) is 38.1 Å². The maximum Gasteiger partial charge on any atom is 0.223 e. The Kier molecular flexibility index (Phi) is 4.14. The van der Waals surface area contributed by atoms with E-state index in [-0.39, 0.29) is 24.0 Å². The number of hydrogen-bond acceptors (Lipinski definition) is 4. The van der Waals surface area contributed by atoms with Crippen LogP contribution in [0, 0.1) is 5.92 Å². The lowest BCUT2D eigenvalue weighted by Gasteiger charge is -2.21. The molecule has 0 saturated carbocycles. The zero-order valence-electron chi connectivity index (χ0n) is 11.9. The van der Waals surface area contributed by atoms with E-state index < -0.39 is 9.84 Å². The molecule has 2 heterocycles. The molecule has 1 aromatic carbocycles. The lowest BCUT2D eigenvalue weighted by molar-refractivity contribution is -0.132. The predicted molar refractivity (Wildman–Crippen MR) is 83.4 cm³/mol. The average Bonchev–Trinajstić information content (AvgIpc) is 2.68. The number of sulfone groups is 1. The number of carbonyl (C=O) groups is 1. The van der Waals surface area contributed by atoms with E-state index in [1.54, 1.807) is 29.2 Å². The fourth-order valence-corrected chi connectivity index (χ4v) is 4.29. The van der Waals surface area contributed by atoms with Crippen molar-refractivity contribution < 1.29 is 17.9 Å². The quantitative estimate of drug-likeness (QED) is 0.825. The van der Waals surface area contributed by atoms with Crippen LogP contribution < -0.4 is 4.74 Å². The topological polar surface area (TPSA) is 63.7 Å². The SMILES string of the molecule is O=C(C[C@H]1C=CS(=O)(=O)C1)N1CCOc2ccc(Cl)cc2C1. The van der Waals surface area contributed by atoms with E-state index >= 15 is 0 Å². The van der Waals surface area contributed by atoms with E-state index in [2.05, 4.69) is 0 Å². The first-order valence-corrected chi connectivity index (χ1v) is 9.12. The van der Waals surface area contributed by atoms with Gasteiger partial charge in [-0.1, -0.05) is 17.7 Å². The fourth-order valence-electron chi connectivity index (χ4n) is 2.70. The second-order valence-electron chi connectivity index (χ2n) is 5.54. The third kappa shape index (κ3) is 3.44. The molecule has 0 N–H and O–H groups in total. The van der Waals surface area contributed by atoms with Crippen LogP contribution in [0.25, 0.3) is 0 Å². The van der Waals surface area contributed by atoms with Crippen LogP contribution in [-0.2, 0) is 21.2 Å². The van der Waals surface area contributed by atoms with Gasteiger partial charge in [0.15, 0.2) is 9.84 Å². The van der Waals surface area contributed by atoms with Gasteiger partial charge in [0.05, 0.1) is 12.3 Å². The summed E-state index contributed by atoms with van der Waals surface area (Å²) in [4.78, 5) is 14.1. The number of halogens is 1. The molecule has 22 heavy (non-hydrogen) atoms. The van der Waals surface area contributed by atoms with Crippen molar-refractivity contribution in [3.8, 4) is 5.75 Å². The van der Waals surface area contributed by atoms with Crippen molar-refractivity contribution in [3.05, 3.63) is 40.3 Å². The van der Waals surface area contributed by atoms with Gasteiger partial charge in [-0.2, -0.15) is 0 Å². The number of fused-ring (bicyclic) bond motifs is 1. The minimum Gasteiger partial charge on any atom is -0.491 e. The Balaban J connectivity index is 1.70. The number of amides is 1. The van der Waals surface area contributed by atoms with Crippen molar-refractivity contribution in [2.45, 2.75) is 13.0 Å². The highest BCUT2D eigenvalue weighted by Gasteiger charge is 2.27. The van der Waals surface area contributed by atoms with Crippen molar-refractivity contribution in [2.24, 2.45) is 5.92 Å². The Morgan fingerprint density at radius 3 is 2.95 bits per heavy atom. The molecule has 118 valence electrons. The van der Waals surface area contributed by atoms with Gasteiger partial charge in [-0.05, 0) is 18.2 Å². The zero-order chi connectivity index (χ0) is 15.7. The summed E-state index contributed by atoms with van der Waals surface area (Å²) >= 11 is 5.99. The zero-order valence-corrected chi connectivity index (χ0v) is 13.4. The fraction of sp³-hybridized carbons (Fsp3) is 0.400. The van der Waals surface area contributed by atoms with Gasteiger partial charge < -0.3 is 9.64 Å². The van der Waals surface area contributed by atoms with Crippen LogP contribution in [0.4, 0.5) is 0 Å². The Labute approximate surface area is 134 Å². The van der Waals surface area contributed by atoms with Crippen molar-refractivity contribution in [3.63, 3.8) is 0 Å². The number of carbonyl (C=O) groups excluding carboxylic acids is 1. The number of benzene rings is 1. The lowest BCUT2D eigenvalue weighted by Crippen LogP contribution is -2.33. The average molecular weight is 342 g/mol. The van der Waals surface area contributed by atoms with Gasteiger partial charge >= 0.3 is 0 Å². The van der Waals surface area contributed by atoms with Crippen LogP contribution in [0.3, 0.4) is 0 Å². The Morgan fingerprint density at radius 2 is 2.23 bits per heavy atom. The van der Waals surface area contributed by atoms with Crippen molar-refractivity contribution >= 4 is 27.3 Å². The van der Waals surface area contributed by atoms with Crippen molar-refractivity contribution in [2.75, 3.05) is 18.9 Å². The molecule has 0 bridgehead atoms. The van der Waals surface area contributed by atoms with Crippen molar-refractivity contribution in [1.82, 2.24) is 4.90 Å². The van der Waals surface area contributed by atoms with Gasteiger partial charge in [0.2, 0.25) is 5.91 Å². The molecule has 1 aromatic rings. The van der Waals surface area contributed by atoms with E-state index in [4.69, 9.17) is 16.3 Å². The molecule has 0 aromatic heterocycles. The Hall–Kier alpha value is -1.53. The Morgan fingerprint density at radius 1 is 1.41 bits per heavy atom. The molecular weight excluding hydrogens is 326 g/mol. The highest BCUT2D eigenvalue weighted by molar-refractivity contribution is 7.94. The number of hydrogen-bond donors (Lipinski definition) is 0. The third-order valence-electron chi connectivity index (χ3n) is 3.80. The largest absolute Gasteiger partial charge is 0.491 e. The van der Waals surface area contributed by atoms with E-state index in [0.29, 0.717) is 24.7 Å². The lowest BCUT2D eigenvalue weighted by atomic mass is 10.1. The highest BCUT2D eigenvalue weighted by Crippen LogP contribution is 2.27. The molecule has 0 saturated heterocycles. The van der Waals surface area contributed by atoms with Gasteiger partial charge in [0.1, 0.15) is 12.4 Å². The normalized spacial score (nSPS) is 22.8. The van der Waals surface area contributed by atoms with Gasteiger partial charge in [-0.25, -0.2) is 8.42 Å². The smallest absolute Gasteiger partial charge is 0.223 e. The molecule has 0 aliphatic carbocycles. The van der Waals surface area contributed by atoms with Gasteiger partial charge in [0.25, 0.3) is 0 Å². The summed E-state index contributed by atoms with van der Waals surface area (Å²) < 4.78 is 28.4. The number of allylic oxidation sites excluding steroid dienone is 1. The first kappa shape index (κ1) is 15.4. The maximum atomic E-state index is 12.4. The summed E-state index contributed by atoms with van der Waals surface area (Å²) in [5.74, 6) is 0.456. The van der Waals surface area contributed by atoms with Crippen LogP contribution in [0.2, 0.25) is 5.02 Å². The number of rotatable bonds is 2. The first-order valence-electron chi connectivity index (χ1n) is 7.03. The van der Waals surface area contributed by atoms with E-state index in [1.165, 1.54) is 5.41 Å². The molecule has 2 aliphatic heterocycles. The summed E-state index contributed by atoms with van der Waals surface area (Å²) in [5.41, 5.74) is 0.868. The van der Waals surface area contributed by atoms with Crippen LogP contribution >= 0.6 is 11.6 Å². The molecule has 5 nitrogen and oxygen atoms in total. The summed E-state index contributed by atoms with van der Waals surface area (Å²) in [6, 6.07) is 5.35. The molecule has 0 spiro atoms. The molecule has 3 rings (SSSR count). The molecule has 7 heteroatoms. The minimum absolute atomic E-state index is 0.0193. The monoisotopic (exact) mass is 341 g/mol. The number of ether oxygens (including phenoxy) is 1. The second-order valence-corrected chi connectivity index (χ2v) is 7.91. The molecule has 0 radical (unpaired) electrons.